The van der Waals surface area contributed by atoms with Gasteiger partial charge < -0.3 is 9.47 Å². The van der Waals surface area contributed by atoms with Crippen LogP contribution >= 0.6 is 0 Å². The fourth-order valence-electron chi connectivity index (χ4n) is 1.47. The number of carbonyl (C=O) groups excluding carboxylic acids is 2. The maximum absolute atomic E-state index is 11.3. The normalized spacial score (nSPS) is 12.4. The molecule has 0 bridgehead atoms. The second kappa shape index (κ2) is 10.8. The van der Waals surface area contributed by atoms with E-state index in [1.807, 2.05) is 0 Å². The van der Waals surface area contributed by atoms with E-state index in [1.54, 1.807) is 6.92 Å². The Morgan fingerprint density at radius 2 is 1.67 bits per heavy atom. The van der Waals surface area contributed by atoms with E-state index in [0.29, 0.717) is 19.1 Å². The van der Waals surface area contributed by atoms with Crippen molar-refractivity contribution in [1.29, 1.82) is 0 Å². The first kappa shape index (κ1) is 16.7. The predicted molar refractivity (Wildman–Crippen MR) is 70.0 cm³/mol. The van der Waals surface area contributed by atoms with E-state index in [0.717, 1.165) is 37.8 Å². The zero-order valence-electron chi connectivity index (χ0n) is 11.6. The van der Waals surface area contributed by atoms with Gasteiger partial charge in [0.2, 0.25) is 0 Å². The average Bonchev–Trinajstić information content (AvgIpc) is 2.37. The van der Waals surface area contributed by atoms with Crippen LogP contribution < -0.4 is 0 Å². The van der Waals surface area contributed by atoms with Gasteiger partial charge in [-0.05, 0) is 19.3 Å². The van der Waals surface area contributed by atoms with Crippen molar-refractivity contribution in [2.45, 2.75) is 46.5 Å². The predicted octanol–water partition coefficient (Wildman–Crippen LogP) is 2.87. The van der Waals surface area contributed by atoms with Gasteiger partial charge in [0.15, 0.2) is 0 Å². The first-order chi connectivity index (χ1) is 8.63. The average molecular weight is 256 g/mol. The summed E-state index contributed by atoms with van der Waals surface area (Å²) in [5, 5.41) is 0. The van der Waals surface area contributed by atoms with Crippen LogP contribution in [0, 0.1) is 5.92 Å². The van der Waals surface area contributed by atoms with E-state index >= 15 is 0 Å². The molecule has 0 amide bonds. The van der Waals surface area contributed by atoms with Gasteiger partial charge in [0.25, 0.3) is 0 Å². The molecule has 0 spiro atoms. The molecule has 0 heterocycles. The quantitative estimate of drug-likeness (QED) is 0.470. The minimum atomic E-state index is -0.521. The van der Waals surface area contributed by atoms with Gasteiger partial charge in [0, 0.05) is 12.2 Å². The van der Waals surface area contributed by atoms with Gasteiger partial charge in [-0.3, -0.25) is 0 Å². The molecule has 0 aliphatic carbocycles. The number of unbranched alkanes of at least 4 members (excludes halogenated alkanes) is 1. The van der Waals surface area contributed by atoms with Crippen LogP contribution in [0.1, 0.15) is 46.5 Å². The molecular formula is C14H24O4. The summed E-state index contributed by atoms with van der Waals surface area (Å²) in [5.74, 6) is -0.602. The maximum Gasteiger partial charge on any atom is 0.331 e. The molecule has 18 heavy (non-hydrogen) atoms. The number of rotatable bonds is 9. The lowest BCUT2D eigenvalue weighted by molar-refractivity contribution is -0.141. The highest BCUT2D eigenvalue weighted by atomic mass is 16.5. The Balaban J connectivity index is 3.90. The van der Waals surface area contributed by atoms with Gasteiger partial charge in [0.05, 0.1) is 13.2 Å². The maximum atomic E-state index is 11.3. The molecular weight excluding hydrogens is 232 g/mol. The Bertz CT molecular complexity index is 271. The van der Waals surface area contributed by atoms with Crippen molar-refractivity contribution in [3.8, 4) is 0 Å². The van der Waals surface area contributed by atoms with Crippen molar-refractivity contribution in [2.24, 2.45) is 5.92 Å². The summed E-state index contributed by atoms with van der Waals surface area (Å²) in [5.41, 5.74) is 0. The van der Waals surface area contributed by atoms with Crippen LogP contribution in [0.5, 0.6) is 0 Å². The molecule has 104 valence electrons. The molecule has 0 fully saturated rings. The number of hydrogen-bond donors (Lipinski definition) is 0. The van der Waals surface area contributed by atoms with Crippen molar-refractivity contribution >= 4 is 11.9 Å². The smallest absolute Gasteiger partial charge is 0.331 e. The fraction of sp³-hybridized carbons (Fsp3) is 0.714. The van der Waals surface area contributed by atoms with E-state index in [4.69, 9.17) is 4.74 Å². The van der Waals surface area contributed by atoms with E-state index in [9.17, 15) is 9.59 Å². The molecule has 0 saturated carbocycles. The lowest BCUT2D eigenvalue weighted by Gasteiger charge is -2.13. The Labute approximate surface area is 109 Å². The van der Waals surface area contributed by atoms with Gasteiger partial charge in [0.1, 0.15) is 0 Å². The van der Waals surface area contributed by atoms with Crippen LogP contribution in [0.15, 0.2) is 12.2 Å². The second-order valence-electron chi connectivity index (χ2n) is 4.13. The Morgan fingerprint density at radius 3 is 2.17 bits per heavy atom. The second-order valence-corrected chi connectivity index (χ2v) is 4.13. The third kappa shape index (κ3) is 8.79. The van der Waals surface area contributed by atoms with Crippen molar-refractivity contribution in [2.75, 3.05) is 13.2 Å². The van der Waals surface area contributed by atoms with Gasteiger partial charge in [-0.1, -0.05) is 33.1 Å². The molecule has 4 nitrogen and oxygen atoms in total. The van der Waals surface area contributed by atoms with Crippen LogP contribution in [-0.2, 0) is 19.1 Å². The number of ether oxygens (including phenoxy) is 2. The summed E-state index contributed by atoms with van der Waals surface area (Å²) < 4.78 is 9.75. The highest BCUT2D eigenvalue weighted by Gasteiger charge is 2.08. The van der Waals surface area contributed by atoms with E-state index < -0.39 is 11.9 Å². The lowest BCUT2D eigenvalue weighted by Crippen LogP contribution is -2.12. The van der Waals surface area contributed by atoms with E-state index in [2.05, 4.69) is 18.6 Å². The van der Waals surface area contributed by atoms with Crippen molar-refractivity contribution in [3.63, 3.8) is 0 Å². The number of esters is 2. The Morgan fingerprint density at radius 1 is 1.06 bits per heavy atom. The van der Waals surface area contributed by atoms with Crippen LogP contribution in [-0.4, -0.2) is 25.2 Å². The number of carbonyl (C=O) groups is 2. The Hall–Kier alpha value is -1.32. The third-order valence-electron chi connectivity index (χ3n) is 2.65. The molecule has 0 aliphatic rings. The molecule has 0 N–H and O–H groups in total. The van der Waals surface area contributed by atoms with Gasteiger partial charge in [-0.25, -0.2) is 9.59 Å². The van der Waals surface area contributed by atoms with E-state index in [-0.39, 0.29) is 0 Å². The van der Waals surface area contributed by atoms with Crippen LogP contribution in [0.25, 0.3) is 0 Å². The molecule has 1 unspecified atom stereocenters. The number of hydrogen-bond acceptors (Lipinski definition) is 4. The minimum absolute atomic E-state index is 0.299. The summed E-state index contributed by atoms with van der Waals surface area (Å²) in [4.78, 5) is 22.3. The fourth-order valence-corrected chi connectivity index (χ4v) is 1.47. The van der Waals surface area contributed by atoms with Crippen molar-refractivity contribution in [1.82, 2.24) is 0 Å². The van der Waals surface area contributed by atoms with Gasteiger partial charge in [-0.2, -0.15) is 0 Å². The van der Waals surface area contributed by atoms with E-state index in [1.165, 1.54) is 0 Å². The summed E-state index contributed by atoms with van der Waals surface area (Å²) in [6, 6.07) is 0. The van der Waals surface area contributed by atoms with Crippen LogP contribution in [0.3, 0.4) is 0 Å². The molecule has 0 aromatic heterocycles. The third-order valence-corrected chi connectivity index (χ3v) is 2.65. The highest BCUT2D eigenvalue weighted by molar-refractivity contribution is 5.91. The lowest BCUT2D eigenvalue weighted by atomic mass is 10.0. The van der Waals surface area contributed by atoms with Crippen LogP contribution in [0.4, 0.5) is 0 Å². The summed E-state index contributed by atoms with van der Waals surface area (Å²) >= 11 is 0. The molecule has 4 heteroatoms. The van der Waals surface area contributed by atoms with Crippen molar-refractivity contribution < 1.29 is 19.1 Å². The topological polar surface area (TPSA) is 52.6 Å². The largest absolute Gasteiger partial charge is 0.463 e. The standard InChI is InChI=1S/C14H24O4/c1-4-7-8-12(5-2)11-18-14(16)10-9-13(15)17-6-3/h9-10,12H,4-8,11H2,1-3H3/b10-9+. The molecule has 0 aromatic rings. The highest BCUT2D eigenvalue weighted by Crippen LogP contribution is 2.12. The molecule has 0 rings (SSSR count). The molecule has 0 saturated heterocycles. The monoisotopic (exact) mass is 256 g/mol. The summed E-state index contributed by atoms with van der Waals surface area (Å²) in [7, 11) is 0. The van der Waals surface area contributed by atoms with Gasteiger partial charge >= 0.3 is 11.9 Å². The zero-order chi connectivity index (χ0) is 13.8. The molecule has 0 radical (unpaired) electrons. The molecule has 0 aliphatic heterocycles. The first-order valence-corrected chi connectivity index (χ1v) is 6.65. The molecule has 0 aromatic carbocycles. The zero-order valence-corrected chi connectivity index (χ0v) is 11.6. The van der Waals surface area contributed by atoms with Gasteiger partial charge in [-0.15, -0.1) is 0 Å². The minimum Gasteiger partial charge on any atom is -0.463 e. The summed E-state index contributed by atoms with van der Waals surface area (Å²) in [6.07, 6.45) is 6.57. The van der Waals surface area contributed by atoms with Crippen molar-refractivity contribution in [3.05, 3.63) is 12.2 Å². The SMILES string of the molecule is CCCCC(CC)COC(=O)/C=C/C(=O)OCC. The first-order valence-electron chi connectivity index (χ1n) is 6.65. The Kier molecular flexibility index (Phi) is 10.0. The van der Waals surface area contributed by atoms with Crippen LogP contribution in [0.2, 0.25) is 0 Å². The molecule has 1 atom stereocenters. The summed E-state index contributed by atoms with van der Waals surface area (Å²) in [6.45, 7) is 6.66.